The molecule has 1 rings (SSSR count). The molecule has 0 radical (unpaired) electrons. The predicted octanol–water partition coefficient (Wildman–Crippen LogP) is 1.17. The van der Waals surface area contributed by atoms with Gasteiger partial charge in [-0.1, -0.05) is 11.6 Å². The highest BCUT2D eigenvalue weighted by Gasteiger charge is 2.13. The van der Waals surface area contributed by atoms with Crippen LogP contribution < -0.4 is 5.73 Å². The number of ether oxygens (including phenoxy) is 1. The van der Waals surface area contributed by atoms with Crippen molar-refractivity contribution in [2.75, 3.05) is 12.9 Å². The van der Waals surface area contributed by atoms with Gasteiger partial charge in [0.2, 0.25) is 0 Å². The molecule has 1 atom stereocenters. The number of carbonyl (C=O) groups excluding carboxylic acids is 1. The van der Waals surface area contributed by atoms with Crippen molar-refractivity contribution >= 4 is 29.3 Å². The first-order chi connectivity index (χ1) is 8.02. The maximum absolute atomic E-state index is 11.0. The number of rotatable bonds is 5. The van der Waals surface area contributed by atoms with Gasteiger partial charge < -0.3 is 10.5 Å². The number of aromatic nitrogens is 2. The lowest BCUT2D eigenvalue weighted by Gasteiger charge is -2.08. The van der Waals surface area contributed by atoms with Crippen LogP contribution in [-0.4, -0.2) is 34.8 Å². The second-order valence-corrected chi connectivity index (χ2v) is 4.81. The minimum absolute atomic E-state index is 0.416. The molecule has 0 aliphatic carbocycles. The number of methoxy groups -OCH3 is 1. The van der Waals surface area contributed by atoms with Gasteiger partial charge in [0.1, 0.15) is 17.0 Å². The number of carbonyl (C=O) groups is 1. The lowest BCUT2D eigenvalue weighted by atomic mass is 10.4. The fourth-order valence-electron chi connectivity index (χ4n) is 1.15. The van der Waals surface area contributed by atoms with Crippen LogP contribution in [0.3, 0.4) is 0 Å². The minimum atomic E-state index is -0.620. The molecule has 7 heteroatoms. The number of hydrogen-bond acceptors (Lipinski definition) is 6. The quantitative estimate of drug-likeness (QED) is 0.642. The molecule has 2 N–H and O–H groups in total. The van der Waals surface area contributed by atoms with Crippen molar-refractivity contribution < 1.29 is 9.53 Å². The van der Waals surface area contributed by atoms with Crippen molar-refractivity contribution in [3.05, 3.63) is 22.7 Å². The van der Waals surface area contributed by atoms with Crippen LogP contribution in [0.2, 0.25) is 5.15 Å². The zero-order chi connectivity index (χ0) is 12.8. The van der Waals surface area contributed by atoms with Gasteiger partial charge in [0.25, 0.3) is 0 Å². The summed E-state index contributed by atoms with van der Waals surface area (Å²) >= 11 is 7.27. The van der Waals surface area contributed by atoms with Gasteiger partial charge in [-0.2, -0.15) is 11.8 Å². The van der Waals surface area contributed by atoms with E-state index in [0.29, 0.717) is 22.5 Å². The van der Waals surface area contributed by atoms with Gasteiger partial charge in [0.05, 0.1) is 12.9 Å². The van der Waals surface area contributed by atoms with Crippen LogP contribution in [0, 0.1) is 6.92 Å². The third-order valence-electron chi connectivity index (χ3n) is 1.90. The normalized spacial score (nSPS) is 12.2. The molecule has 0 aliphatic heterocycles. The molecule has 0 bridgehead atoms. The summed E-state index contributed by atoms with van der Waals surface area (Å²) < 4.78 is 4.52. The zero-order valence-electron chi connectivity index (χ0n) is 9.64. The molecule has 17 heavy (non-hydrogen) atoms. The van der Waals surface area contributed by atoms with E-state index in [4.69, 9.17) is 17.3 Å². The smallest absolute Gasteiger partial charge is 0.323 e. The van der Waals surface area contributed by atoms with Gasteiger partial charge in [-0.15, -0.1) is 0 Å². The Hall–Kier alpha value is -0.850. The highest BCUT2D eigenvalue weighted by molar-refractivity contribution is 7.98. The molecule has 0 fully saturated rings. The average molecular weight is 276 g/mol. The summed E-state index contributed by atoms with van der Waals surface area (Å²) in [5.74, 6) is 1.24. The van der Waals surface area contributed by atoms with Crippen LogP contribution in [0.1, 0.15) is 11.5 Å². The second-order valence-electron chi connectivity index (χ2n) is 3.39. The molecule has 94 valence electrons. The molecule has 0 aliphatic rings. The Morgan fingerprint density at radius 2 is 2.35 bits per heavy atom. The first-order valence-electron chi connectivity index (χ1n) is 4.94. The van der Waals surface area contributed by atoms with Crippen LogP contribution in [0.15, 0.2) is 6.07 Å². The third-order valence-corrected chi connectivity index (χ3v) is 3.15. The van der Waals surface area contributed by atoms with Crippen LogP contribution in [-0.2, 0) is 15.3 Å². The Kier molecular flexibility index (Phi) is 5.67. The Labute approximate surface area is 109 Å². The van der Waals surface area contributed by atoms with Crippen molar-refractivity contribution in [3.8, 4) is 0 Å². The Morgan fingerprint density at radius 3 is 2.94 bits per heavy atom. The van der Waals surface area contributed by atoms with Gasteiger partial charge in [-0.05, 0) is 13.0 Å². The summed E-state index contributed by atoms with van der Waals surface area (Å²) in [5.41, 5.74) is 6.41. The highest BCUT2D eigenvalue weighted by atomic mass is 35.5. The number of nitrogens with zero attached hydrogens (tertiary/aromatic N) is 2. The van der Waals surface area contributed by atoms with Gasteiger partial charge in [-0.3, -0.25) is 4.79 Å². The molecule has 5 nitrogen and oxygen atoms in total. The summed E-state index contributed by atoms with van der Waals surface area (Å²) in [4.78, 5) is 19.3. The van der Waals surface area contributed by atoms with E-state index in [-0.39, 0.29) is 0 Å². The summed E-state index contributed by atoms with van der Waals surface area (Å²) in [7, 11) is 1.32. The highest BCUT2D eigenvalue weighted by Crippen LogP contribution is 2.13. The van der Waals surface area contributed by atoms with Crippen LogP contribution in [0.5, 0.6) is 0 Å². The summed E-state index contributed by atoms with van der Waals surface area (Å²) in [6, 6.07) is 1.07. The van der Waals surface area contributed by atoms with Gasteiger partial charge in [0.15, 0.2) is 0 Å². The lowest BCUT2D eigenvalue weighted by molar-refractivity contribution is -0.141. The van der Waals surface area contributed by atoms with Crippen LogP contribution in [0.4, 0.5) is 0 Å². The first-order valence-corrected chi connectivity index (χ1v) is 6.47. The molecule has 1 unspecified atom stereocenters. The van der Waals surface area contributed by atoms with Crippen molar-refractivity contribution in [1.29, 1.82) is 0 Å². The average Bonchev–Trinajstić information content (AvgIpc) is 2.26. The second kappa shape index (κ2) is 6.78. The van der Waals surface area contributed by atoms with Crippen molar-refractivity contribution in [3.63, 3.8) is 0 Å². The largest absolute Gasteiger partial charge is 0.468 e. The van der Waals surface area contributed by atoms with E-state index in [0.717, 1.165) is 5.69 Å². The fourth-order valence-corrected chi connectivity index (χ4v) is 2.22. The summed E-state index contributed by atoms with van der Waals surface area (Å²) in [5, 5.41) is 0.422. The van der Waals surface area contributed by atoms with E-state index in [1.165, 1.54) is 18.9 Å². The van der Waals surface area contributed by atoms with Crippen molar-refractivity contribution in [1.82, 2.24) is 9.97 Å². The number of halogens is 1. The van der Waals surface area contributed by atoms with E-state index in [1.807, 2.05) is 6.92 Å². The van der Waals surface area contributed by atoms with E-state index >= 15 is 0 Å². The molecular weight excluding hydrogens is 262 g/mol. The number of esters is 1. The Balaban J connectivity index is 2.43. The third kappa shape index (κ3) is 4.89. The van der Waals surface area contributed by atoms with E-state index in [9.17, 15) is 4.79 Å². The molecular formula is C10H14ClN3O2S. The molecule has 0 aromatic carbocycles. The predicted molar refractivity (Wildman–Crippen MR) is 67.9 cm³/mol. The standard InChI is InChI=1S/C10H14ClN3O2S/c1-6-3-8(11)14-9(13-6)5-17-4-7(12)10(15)16-2/h3,7H,4-5,12H2,1-2H3. The van der Waals surface area contributed by atoms with E-state index in [1.54, 1.807) is 6.07 Å². The maximum atomic E-state index is 11.0. The summed E-state index contributed by atoms with van der Waals surface area (Å²) in [6.07, 6.45) is 0. The number of thioether (sulfide) groups is 1. The number of aryl methyl sites for hydroxylation is 1. The molecule has 0 amide bonds. The molecule has 1 aromatic rings. The summed E-state index contributed by atoms with van der Waals surface area (Å²) in [6.45, 7) is 1.85. The number of nitrogens with two attached hydrogens (primary N) is 1. The van der Waals surface area contributed by atoms with Crippen molar-refractivity contribution in [2.24, 2.45) is 5.73 Å². The van der Waals surface area contributed by atoms with Gasteiger partial charge in [-0.25, -0.2) is 9.97 Å². The molecule has 0 spiro atoms. The van der Waals surface area contributed by atoms with E-state index in [2.05, 4.69) is 14.7 Å². The Bertz CT molecular complexity index is 383. The SMILES string of the molecule is COC(=O)C(N)CSCc1nc(C)cc(Cl)n1. The monoisotopic (exact) mass is 275 g/mol. The van der Waals surface area contributed by atoms with Gasteiger partial charge >= 0.3 is 5.97 Å². The molecule has 1 heterocycles. The molecule has 0 saturated heterocycles. The van der Waals surface area contributed by atoms with Crippen molar-refractivity contribution in [2.45, 2.75) is 18.7 Å². The molecule has 1 aromatic heterocycles. The Morgan fingerprint density at radius 1 is 1.65 bits per heavy atom. The molecule has 0 saturated carbocycles. The van der Waals surface area contributed by atoms with E-state index < -0.39 is 12.0 Å². The van der Waals surface area contributed by atoms with Gasteiger partial charge in [0, 0.05) is 11.4 Å². The van der Waals surface area contributed by atoms with Crippen LogP contribution >= 0.6 is 23.4 Å². The topological polar surface area (TPSA) is 78.1 Å². The minimum Gasteiger partial charge on any atom is -0.468 e. The zero-order valence-corrected chi connectivity index (χ0v) is 11.2. The van der Waals surface area contributed by atoms with Crippen LogP contribution in [0.25, 0.3) is 0 Å². The fraction of sp³-hybridized carbons (Fsp3) is 0.500. The lowest BCUT2D eigenvalue weighted by Crippen LogP contribution is -2.33. The maximum Gasteiger partial charge on any atom is 0.323 e. The number of hydrogen-bond donors (Lipinski definition) is 1. The first kappa shape index (κ1) is 14.2.